The van der Waals surface area contributed by atoms with E-state index in [4.69, 9.17) is 14.2 Å². The Morgan fingerprint density at radius 1 is 0.971 bits per heavy atom. The first kappa shape index (κ1) is 25.4. The molecule has 184 valence electrons. The van der Waals surface area contributed by atoms with Gasteiger partial charge in [-0.1, -0.05) is 12.1 Å². The van der Waals surface area contributed by atoms with E-state index in [-0.39, 0.29) is 18.4 Å². The van der Waals surface area contributed by atoms with E-state index in [0.717, 1.165) is 44.5 Å². The Hall–Kier alpha value is -3.22. The molecule has 1 N–H and O–H groups in total. The van der Waals surface area contributed by atoms with Crippen LogP contribution in [0, 0.1) is 5.92 Å². The van der Waals surface area contributed by atoms with Crippen LogP contribution >= 0.6 is 0 Å². The summed E-state index contributed by atoms with van der Waals surface area (Å²) < 4.78 is 16.3. The molecular weight excluding hydrogens is 432 g/mol. The van der Waals surface area contributed by atoms with Crippen LogP contribution in [0.2, 0.25) is 0 Å². The van der Waals surface area contributed by atoms with Gasteiger partial charge in [0.05, 0.1) is 26.9 Å². The zero-order valence-electron chi connectivity index (χ0n) is 20.5. The second-order valence-electron chi connectivity index (χ2n) is 8.42. The lowest BCUT2D eigenvalue weighted by molar-refractivity contribution is -0.131. The van der Waals surface area contributed by atoms with E-state index in [1.807, 2.05) is 30.9 Å². The first-order valence-corrected chi connectivity index (χ1v) is 12.1. The maximum atomic E-state index is 12.6. The molecule has 2 amide bonds. The van der Waals surface area contributed by atoms with Gasteiger partial charge < -0.3 is 24.4 Å². The van der Waals surface area contributed by atoms with Crippen LogP contribution < -0.4 is 19.5 Å². The molecule has 0 bridgehead atoms. The summed E-state index contributed by atoms with van der Waals surface area (Å²) in [5, 5.41) is 2.75. The van der Waals surface area contributed by atoms with Gasteiger partial charge in [0.15, 0.2) is 11.5 Å². The molecule has 0 atom stereocenters. The van der Waals surface area contributed by atoms with E-state index < -0.39 is 0 Å². The molecule has 1 aliphatic rings. The fraction of sp³-hybridized carbons (Fsp3) is 0.481. The Balaban J connectivity index is 1.42. The standard InChI is InChI=1S/C27H36N2O5/c1-4-33-24-13-10-22(18-25(24)34-5-2)27(31)28-19-26(30)29-16-14-21(15-17-29)7-6-20-8-11-23(32-3)12-9-20/h8-13,18,21H,4-7,14-17,19H2,1-3H3,(H,28,31). The lowest BCUT2D eigenvalue weighted by atomic mass is 9.90. The number of nitrogens with one attached hydrogen (secondary N) is 1. The maximum absolute atomic E-state index is 12.6. The third-order valence-electron chi connectivity index (χ3n) is 6.17. The van der Waals surface area contributed by atoms with Gasteiger partial charge in [0.25, 0.3) is 5.91 Å². The maximum Gasteiger partial charge on any atom is 0.251 e. The summed E-state index contributed by atoms with van der Waals surface area (Å²) in [6, 6.07) is 13.3. The summed E-state index contributed by atoms with van der Waals surface area (Å²) in [5.41, 5.74) is 1.75. The van der Waals surface area contributed by atoms with Crippen molar-refractivity contribution in [2.75, 3.05) is 40.0 Å². The van der Waals surface area contributed by atoms with E-state index >= 15 is 0 Å². The summed E-state index contributed by atoms with van der Waals surface area (Å²) in [4.78, 5) is 27.1. The highest BCUT2D eigenvalue weighted by Crippen LogP contribution is 2.28. The van der Waals surface area contributed by atoms with Crippen LogP contribution in [0.25, 0.3) is 0 Å². The van der Waals surface area contributed by atoms with Gasteiger partial charge in [-0.3, -0.25) is 9.59 Å². The highest BCUT2D eigenvalue weighted by molar-refractivity contribution is 5.97. The molecular formula is C27H36N2O5. The largest absolute Gasteiger partial charge is 0.497 e. The number of piperidine rings is 1. The number of ether oxygens (including phenoxy) is 3. The number of amides is 2. The topological polar surface area (TPSA) is 77.1 Å². The number of methoxy groups -OCH3 is 1. The first-order chi connectivity index (χ1) is 16.5. The van der Waals surface area contributed by atoms with E-state index in [2.05, 4.69) is 17.4 Å². The average Bonchev–Trinajstić information content (AvgIpc) is 2.87. The van der Waals surface area contributed by atoms with Gasteiger partial charge in [0, 0.05) is 18.7 Å². The molecule has 1 saturated heterocycles. The Labute approximate surface area is 202 Å². The van der Waals surface area contributed by atoms with Crippen molar-refractivity contribution in [3.63, 3.8) is 0 Å². The van der Waals surface area contributed by atoms with Gasteiger partial charge in [-0.05, 0) is 81.3 Å². The average molecular weight is 469 g/mol. The van der Waals surface area contributed by atoms with E-state index in [1.54, 1.807) is 25.3 Å². The summed E-state index contributed by atoms with van der Waals surface area (Å²) in [5.74, 6) is 2.28. The summed E-state index contributed by atoms with van der Waals surface area (Å²) in [6.07, 6.45) is 4.13. The van der Waals surface area contributed by atoms with Gasteiger partial charge in [0.1, 0.15) is 5.75 Å². The van der Waals surface area contributed by atoms with Crippen molar-refractivity contribution in [2.45, 2.75) is 39.5 Å². The molecule has 0 radical (unpaired) electrons. The van der Waals surface area contributed by atoms with Gasteiger partial charge in [-0.2, -0.15) is 0 Å². The predicted octanol–water partition coefficient (Wildman–Crippen LogP) is 4.09. The number of nitrogens with zero attached hydrogens (tertiary/aromatic N) is 1. The van der Waals surface area contributed by atoms with Crippen LogP contribution in [0.3, 0.4) is 0 Å². The minimum Gasteiger partial charge on any atom is -0.497 e. The van der Waals surface area contributed by atoms with E-state index in [9.17, 15) is 9.59 Å². The molecule has 3 rings (SSSR count). The molecule has 7 nitrogen and oxygen atoms in total. The molecule has 1 fully saturated rings. The zero-order chi connectivity index (χ0) is 24.3. The molecule has 0 aliphatic carbocycles. The van der Waals surface area contributed by atoms with Crippen LogP contribution in [0.15, 0.2) is 42.5 Å². The van der Waals surface area contributed by atoms with Crippen LogP contribution in [0.1, 0.15) is 49.0 Å². The molecule has 2 aromatic rings. The second kappa shape index (κ2) is 12.9. The quantitative estimate of drug-likeness (QED) is 0.537. The third kappa shape index (κ3) is 7.14. The third-order valence-corrected chi connectivity index (χ3v) is 6.17. The Morgan fingerprint density at radius 3 is 2.29 bits per heavy atom. The minimum absolute atomic E-state index is 0.00741. The lowest BCUT2D eigenvalue weighted by Crippen LogP contribution is -2.44. The van der Waals surface area contributed by atoms with Crippen LogP contribution in [-0.2, 0) is 11.2 Å². The van der Waals surface area contributed by atoms with Crippen molar-refractivity contribution in [3.8, 4) is 17.2 Å². The molecule has 0 aromatic heterocycles. The van der Waals surface area contributed by atoms with Crippen molar-refractivity contribution in [3.05, 3.63) is 53.6 Å². The number of rotatable bonds is 11. The fourth-order valence-corrected chi connectivity index (χ4v) is 4.20. The van der Waals surface area contributed by atoms with E-state index in [1.165, 1.54) is 5.56 Å². The normalized spacial score (nSPS) is 13.9. The van der Waals surface area contributed by atoms with Crippen LogP contribution in [-0.4, -0.2) is 56.7 Å². The molecule has 0 saturated carbocycles. The highest BCUT2D eigenvalue weighted by atomic mass is 16.5. The van der Waals surface area contributed by atoms with Crippen LogP contribution in [0.5, 0.6) is 17.2 Å². The smallest absolute Gasteiger partial charge is 0.251 e. The number of benzene rings is 2. The second-order valence-corrected chi connectivity index (χ2v) is 8.42. The number of aryl methyl sites for hydroxylation is 1. The molecule has 0 spiro atoms. The van der Waals surface area contributed by atoms with Gasteiger partial charge in [0.2, 0.25) is 5.91 Å². The predicted molar refractivity (Wildman–Crippen MR) is 132 cm³/mol. The van der Waals surface area contributed by atoms with Crippen molar-refractivity contribution in [2.24, 2.45) is 5.92 Å². The molecule has 0 unspecified atom stereocenters. The Morgan fingerprint density at radius 2 is 1.65 bits per heavy atom. The first-order valence-electron chi connectivity index (χ1n) is 12.1. The van der Waals surface area contributed by atoms with Crippen LogP contribution in [0.4, 0.5) is 0 Å². The minimum atomic E-state index is -0.299. The van der Waals surface area contributed by atoms with E-state index in [0.29, 0.717) is 36.2 Å². The Kier molecular flexibility index (Phi) is 9.62. The molecule has 1 heterocycles. The number of likely N-dealkylation sites (tertiary alicyclic amines) is 1. The molecule has 2 aromatic carbocycles. The number of hydrogen-bond acceptors (Lipinski definition) is 5. The van der Waals surface area contributed by atoms with Crippen molar-refractivity contribution < 1.29 is 23.8 Å². The zero-order valence-corrected chi connectivity index (χ0v) is 20.5. The van der Waals surface area contributed by atoms with Gasteiger partial charge >= 0.3 is 0 Å². The van der Waals surface area contributed by atoms with Gasteiger partial charge in [-0.15, -0.1) is 0 Å². The van der Waals surface area contributed by atoms with Crippen molar-refractivity contribution >= 4 is 11.8 Å². The van der Waals surface area contributed by atoms with Crippen molar-refractivity contribution in [1.82, 2.24) is 10.2 Å². The molecule has 1 aliphatic heterocycles. The Bertz CT molecular complexity index is 937. The number of carbonyl (C=O) groups is 2. The summed E-state index contributed by atoms with van der Waals surface area (Å²) in [6.45, 7) is 6.22. The van der Waals surface area contributed by atoms with Gasteiger partial charge in [-0.25, -0.2) is 0 Å². The van der Waals surface area contributed by atoms with Crippen molar-refractivity contribution in [1.29, 1.82) is 0 Å². The summed E-state index contributed by atoms with van der Waals surface area (Å²) >= 11 is 0. The number of carbonyl (C=O) groups excluding carboxylic acids is 2. The highest BCUT2D eigenvalue weighted by Gasteiger charge is 2.23. The SMILES string of the molecule is CCOc1ccc(C(=O)NCC(=O)N2CCC(CCc3ccc(OC)cc3)CC2)cc1OCC. The monoisotopic (exact) mass is 468 g/mol. The number of hydrogen-bond donors (Lipinski definition) is 1. The molecule has 7 heteroatoms. The lowest BCUT2D eigenvalue weighted by Gasteiger charge is -2.32. The summed E-state index contributed by atoms with van der Waals surface area (Å²) in [7, 11) is 1.67. The molecule has 34 heavy (non-hydrogen) atoms. The fourth-order valence-electron chi connectivity index (χ4n) is 4.20.